The first kappa shape index (κ1) is 20.6. The van der Waals surface area contributed by atoms with Crippen LogP contribution in [0.2, 0.25) is 0 Å². The Hall–Kier alpha value is -2.67. The van der Waals surface area contributed by atoms with Gasteiger partial charge < -0.3 is 15.0 Å². The minimum absolute atomic E-state index is 0.0853. The summed E-state index contributed by atoms with van der Waals surface area (Å²) in [6.07, 6.45) is 0.667. The van der Waals surface area contributed by atoms with Crippen LogP contribution in [0.3, 0.4) is 0 Å². The Morgan fingerprint density at radius 1 is 1.15 bits per heavy atom. The van der Waals surface area contributed by atoms with Gasteiger partial charge in [-0.05, 0) is 50.2 Å². The van der Waals surface area contributed by atoms with E-state index >= 15 is 0 Å². The summed E-state index contributed by atoms with van der Waals surface area (Å²) in [6.45, 7) is 4.81. The van der Waals surface area contributed by atoms with Crippen LogP contribution in [0.25, 0.3) is 0 Å². The summed E-state index contributed by atoms with van der Waals surface area (Å²) >= 11 is 3.28. The minimum Gasteiger partial charge on any atom is -0.483 e. The molecule has 142 valence electrons. The Morgan fingerprint density at radius 3 is 2.56 bits per heavy atom. The van der Waals surface area contributed by atoms with Gasteiger partial charge in [0.05, 0.1) is 5.56 Å². The molecule has 0 atom stereocenters. The number of hydrogen-bond donors (Lipinski definition) is 1. The highest BCUT2D eigenvalue weighted by molar-refractivity contribution is 9.10. The van der Waals surface area contributed by atoms with E-state index in [4.69, 9.17) is 4.74 Å². The van der Waals surface area contributed by atoms with Crippen LogP contribution in [0, 0.1) is 0 Å². The molecular formula is C20H21BrN2O4. The molecule has 0 spiro atoms. The average molecular weight is 433 g/mol. The number of carbonyl (C=O) groups is 3. The van der Waals surface area contributed by atoms with Crippen molar-refractivity contribution in [3.8, 4) is 5.75 Å². The first-order valence-corrected chi connectivity index (χ1v) is 9.34. The molecule has 0 heterocycles. The van der Waals surface area contributed by atoms with E-state index in [2.05, 4.69) is 21.2 Å². The Bertz CT molecular complexity index is 834. The average Bonchev–Trinajstić information content (AvgIpc) is 2.68. The minimum atomic E-state index is -0.387. The lowest BCUT2D eigenvalue weighted by molar-refractivity contribution is -0.118. The maximum atomic E-state index is 12.4. The van der Waals surface area contributed by atoms with E-state index in [1.807, 2.05) is 13.8 Å². The molecule has 0 bridgehead atoms. The van der Waals surface area contributed by atoms with Crippen LogP contribution in [0.15, 0.2) is 46.9 Å². The van der Waals surface area contributed by atoms with Gasteiger partial charge in [-0.2, -0.15) is 0 Å². The number of benzene rings is 2. The number of aldehydes is 1. The smallest absolute Gasteiger partial charge is 0.262 e. The van der Waals surface area contributed by atoms with Gasteiger partial charge >= 0.3 is 0 Å². The monoisotopic (exact) mass is 432 g/mol. The number of halogens is 1. The second-order valence-electron chi connectivity index (χ2n) is 5.70. The summed E-state index contributed by atoms with van der Waals surface area (Å²) in [5.41, 5.74) is 1.37. The van der Waals surface area contributed by atoms with Gasteiger partial charge in [0.1, 0.15) is 5.75 Å². The Morgan fingerprint density at radius 2 is 1.89 bits per heavy atom. The van der Waals surface area contributed by atoms with Crippen LogP contribution in [-0.4, -0.2) is 42.7 Å². The number of anilines is 1. The quantitative estimate of drug-likeness (QED) is 0.644. The van der Waals surface area contributed by atoms with Crippen molar-refractivity contribution in [3.05, 3.63) is 58.1 Å². The second-order valence-corrected chi connectivity index (χ2v) is 6.61. The summed E-state index contributed by atoms with van der Waals surface area (Å²) in [4.78, 5) is 37.3. The van der Waals surface area contributed by atoms with Crippen LogP contribution in [-0.2, 0) is 4.79 Å². The predicted molar refractivity (Wildman–Crippen MR) is 107 cm³/mol. The van der Waals surface area contributed by atoms with E-state index in [0.29, 0.717) is 41.9 Å². The zero-order chi connectivity index (χ0) is 19.8. The van der Waals surface area contributed by atoms with Gasteiger partial charge in [0.15, 0.2) is 12.9 Å². The van der Waals surface area contributed by atoms with Crippen LogP contribution in [0.1, 0.15) is 34.6 Å². The van der Waals surface area contributed by atoms with Crippen molar-refractivity contribution < 1.29 is 19.1 Å². The van der Waals surface area contributed by atoms with Gasteiger partial charge in [-0.25, -0.2) is 0 Å². The predicted octanol–water partition coefficient (Wildman–Crippen LogP) is 3.76. The molecule has 27 heavy (non-hydrogen) atoms. The third-order valence-corrected chi connectivity index (χ3v) is 4.39. The molecule has 7 heteroatoms. The fourth-order valence-corrected chi connectivity index (χ4v) is 2.89. The van der Waals surface area contributed by atoms with Gasteiger partial charge in [-0.3, -0.25) is 14.4 Å². The molecule has 2 amide bonds. The Balaban J connectivity index is 2.01. The zero-order valence-electron chi connectivity index (χ0n) is 15.2. The Labute approximate surface area is 166 Å². The van der Waals surface area contributed by atoms with Crippen LogP contribution in [0.5, 0.6) is 5.75 Å². The van der Waals surface area contributed by atoms with Gasteiger partial charge in [-0.1, -0.05) is 22.0 Å². The molecule has 1 N–H and O–H groups in total. The lowest BCUT2D eigenvalue weighted by Gasteiger charge is -2.19. The lowest BCUT2D eigenvalue weighted by atomic mass is 10.1. The molecule has 0 unspecified atom stereocenters. The maximum Gasteiger partial charge on any atom is 0.262 e. The number of nitrogens with zero attached hydrogens (tertiary/aromatic N) is 1. The molecule has 0 aliphatic carbocycles. The molecule has 0 saturated carbocycles. The SMILES string of the molecule is CCN(CC)C(=O)c1cccc(NC(=O)COc2ccc(Br)cc2C=O)c1. The summed E-state index contributed by atoms with van der Waals surface area (Å²) in [5, 5.41) is 2.70. The summed E-state index contributed by atoms with van der Waals surface area (Å²) in [5.74, 6) is -0.145. The van der Waals surface area contributed by atoms with Crippen molar-refractivity contribution in [3.63, 3.8) is 0 Å². The number of rotatable bonds is 8. The van der Waals surface area contributed by atoms with Crippen LogP contribution >= 0.6 is 15.9 Å². The van der Waals surface area contributed by atoms with Crippen LogP contribution in [0.4, 0.5) is 5.69 Å². The first-order valence-electron chi connectivity index (χ1n) is 8.55. The molecule has 0 aliphatic heterocycles. The topological polar surface area (TPSA) is 75.7 Å². The molecular weight excluding hydrogens is 412 g/mol. The molecule has 0 saturated heterocycles. The van der Waals surface area contributed by atoms with Gasteiger partial charge in [0, 0.05) is 28.8 Å². The van der Waals surface area contributed by atoms with E-state index < -0.39 is 0 Å². The highest BCUT2D eigenvalue weighted by Crippen LogP contribution is 2.21. The molecule has 2 rings (SSSR count). The second kappa shape index (κ2) is 9.87. The van der Waals surface area contributed by atoms with Crippen molar-refractivity contribution in [2.24, 2.45) is 0 Å². The largest absolute Gasteiger partial charge is 0.483 e. The van der Waals surface area contributed by atoms with Gasteiger partial charge in [0.25, 0.3) is 11.8 Å². The highest BCUT2D eigenvalue weighted by Gasteiger charge is 2.13. The fraction of sp³-hybridized carbons (Fsp3) is 0.250. The van der Waals surface area contributed by atoms with E-state index in [-0.39, 0.29) is 18.4 Å². The summed E-state index contributed by atoms with van der Waals surface area (Å²) in [7, 11) is 0. The molecule has 2 aromatic rings. The number of nitrogens with one attached hydrogen (secondary N) is 1. The zero-order valence-corrected chi connectivity index (χ0v) is 16.8. The van der Waals surface area contributed by atoms with Crippen molar-refractivity contribution in [1.29, 1.82) is 0 Å². The molecule has 0 fully saturated rings. The third-order valence-electron chi connectivity index (χ3n) is 3.90. The normalized spacial score (nSPS) is 10.2. The van der Waals surface area contributed by atoms with E-state index in [0.717, 1.165) is 4.47 Å². The molecule has 6 nitrogen and oxygen atoms in total. The van der Waals surface area contributed by atoms with Crippen molar-refractivity contribution in [2.75, 3.05) is 25.0 Å². The van der Waals surface area contributed by atoms with E-state index in [1.165, 1.54) is 0 Å². The van der Waals surface area contributed by atoms with E-state index in [1.54, 1.807) is 47.4 Å². The van der Waals surface area contributed by atoms with Crippen molar-refractivity contribution in [2.45, 2.75) is 13.8 Å². The van der Waals surface area contributed by atoms with Gasteiger partial charge in [-0.15, -0.1) is 0 Å². The standard InChI is InChI=1S/C20H21BrN2O4/c1-3-23(4-2)20(26)14-6-5-7-17(11-14)22-19(25)13-27-18-9-8-16(21)10-15(18)12-24/h5-12H,3-4,13H2,1-2H3,(H,22,25). The Kier molecular flexibility index (Phi) is 7.55. The molecule has 0 radical (unpaired) electrons. The molecule has 0 aliphatic rings. The number of carbonyl (C=O) groups excluding carboxylic acids is 3. The number of ether oxygens (including phenoxy) is 1. The van der Waals surface area contributed by atoms with Crippen LogP contribution < -0.4 is 10.1 Å². The number of amides is 2. The maximum absolute atomic E-state index is 12.4. The van der Waals surface area contributed by atoms with Crippen molar-refractivity contribution in [1.82, 2.24) is 4.90 Å². The summed E-state index contributed by atoms with van der Waals surface area (Å²) < 4.78 is 6.17. The van der Waals surface area contributed by atoms with Gasteiger partial charge in [0.2, 0.25) is 0 Å². The molecule has 2 aromatic carbocycles. The third kappa shape index (κ3) is 5.65. The lowest BCUT2D eigenvalue weighted by Crippen LogP contribution is -2.30. The molecule has 0 aromatic heterocycles. The fourth-order valence-electron chi connectivity index (χ4n) is 2.51. The summed E-state index contributed by atoms with van der Waals surface area (Å²) in [6, 6.07) is 11.7. The first-order chi connectivity index (χ1) is 13.0. The number of hydrogen-bond acceptors (Lipinski definition) is 4. The van der Waals surface area contributed by atoms with Crippen molar-refractivity contribution >= 4 is 39.7 Å². The highest BCUT2D eigenvalue weighted by atomic mass is 79.9. The van der Waals surface area contributed by atoms with E-state index in [9.17, 15) is 14.4 Å².